The van der Waals surface area contributed by atoms with Crippen LogP contribution in [0, 0.1) is 0 Å². The van der Waals surface area contributed by atoms with E-state index in [1.165, 1.54) is 35.2 Å². The fourth-order valence-electron chi connectivity index (χ4n) is 3.01. The number of rotatable bonds is 7. The van der Waals surface area contributed by atoms with Crippen LogP contribution in [0.1, 0.15) is 17.3 Å². The lowest BCUT2D eigenvalue weighted by atomic mass is 10.1. The van der Waals surface area contributed by atoms with E-state index in [4.69, 9.17) is 32.7 Å². The molecule has 1 atom stereocenters. The Morgan fingerprint density at radius 3 is 2.42 bits per heavy atom. The fraction of sp³-hybridized carbons (Fsp3) is 0.238. The molecule has 1 heterocycles. The summed E-state index contributed by atoms with van der Waals surface area (Å²) in [6, 6.07) is 10.0. The van der Waals surface area contributed by atoms with Gasteiger partial charge in [-0.15, -0.1) is 0 Å². The molecule has 164 valence electrons. The summed E-state index contributed by atoms with van der Waals surface area (Å²) in [6.07, 6.45) is 1.45. The highest BCUT2D eigenvalue weighted by Gasteiger charge is 2.32. The predicted octanol–water partition coefficient (Wildman–Crippen LogP) is 3.89. The first kappa shape index (κ1) is 23.1. The number of hydrogen-bond acceptors (Lipinski definition) is 6. The zero-order valence-corrected chi connectivity index (χ0v) is 18.8. The van der Waals surface area contributed by atoms with Crippen molar-refractivity contribution in [3.8, 4) is 5.75 Å². The molecule has 0 fully saturated rings. The predicted molar refractivity (Wildman–Crippen MR) is 119 cm³/mol. The van der Waals surface area contributed by atoms with E-state index < -0.39 is 27.8 Å². The van der Waals surface area contributed by atoms with Crippen molar-refractivity contribution in [1.82, 2.24) is 0 Å². The van der Waals surface area contributed by atoms with Gasteiger partial charge in [-0.05, 0) is 55.5 Å². The van der Waals surface area contributed by atoms with Gasteiger partial charge in [0.05, 0.1) is 29.0 Å². The van der Waals surface area contributed by atoms with Gasteiger partial charge in [0.25, 0.3) is 5.91 Å². The topological polar surface area (TPSA) is 90.0 Å². The Bertz CT molecular complexity index is 1120. The second kappa shape index (κ2) is 9.72. The lowest BCUT2D eigenvalue weighted by Gasteiger charge is -2.28. The van der Waals surface area contributed by atoms with Crippen LogP contribution in [0.15, 0.2) is 53.9 Å². The molecule has 7 nitrogen and oxygen atoms in total. The Balaban J connectivity index is 1.83. The molecule has 0 bridgehead atoms. The minimum atomic E-state index is -3.41. The minimum Gasteiger partial charge on any atom is -0.482 e. The Kier molecular flexibility index (Phi) is 7.25. The molecule has 10 heteroatoms. The summed E-state index contributed by atoms with van der Waals surface area (Å²) >= 11 is 11.9. The van der Waals surface area contributed by atoms with Gasteiger partial charge < -0.3 is 14.4 Å². The van der Waals surface area contributed by atoms with Crippen molar-refractivity contribution in [2.75, 3.05) is 23.9 Å². The van der Waals surface area contributed by atoms with Crippen molar-refractivity contribution in [3.05, 3.63) is 69.6 Å². The molecule has 2 aromatic rings. The lowest BCUT2D eigenvalue weighted by molar-refractivity contribution is -0.120. The summed E-state index contributed by atoms with van der Waals surface area (Å²) in [6.45, 7) is 1.55. The maximum absolute atomic E-state index is 13.0. The van der Waals surface area contributed by atoms with Crippen molar-refractivity contribution in [2.24, 2.45) is 0 Å². The number of carbonyl (C=O) groups is 2. The Hall–Kier alpha value is -2.55. The molecule has 31 heavy (non-hydrogen) atoms. The zero-order chi connectivity index (χ0) is 22.6. The van der Waals surface area contributed by atoms with E-state index in [-0.39, 0.29) is 29.7 Å². The molecule has 3 rings (SSSR count). The molecular weight excluding hydrogens is 465 g/mol. The molecule has 0 spiro atoms. The van der Waals surface area contributed by atoms with Crippen molar-refractivity contribution in [1.29, 1.82) is 0 Å². The molecule has 0 radical (unpaired) electrons. The third kappa shape index (κ3) is 5.78. The number of esters is 1. The van der Waals surface area contributed by atoms with Crippen LogP contribution in [0.4, 0.5) is 5.69 Å². The van der Waals surface area contributed by atoms with Gasteiger partial charge in [-0.25, -0.2) is 13.2 Å². The highest BCUT2D eigenvalue weighted by atomic mass is 35.5. The van der Waals surface area contributed by atoms with Crippen molar-refractivity contribution < 1.29 is 27.5 Å². The number of carbonyl (C=O) groups excluding carboxylic acids is 2. The maximum Gasteiger partial charge on any atom is 0.338 e. The molecule has 0 aromatic heterocycles. The highest BCUT2D eigenvalue weighted by Crippen LogP contribution is 2.28. The Labute approximate surface area is 190 Å². The SMILES string of the molecule is CCOC(=O)c1ccc(N(C(=O)COc2ccc(Cl)cc2Cl)C2C=CS(=O)(=O)C2)cc1. The molecule has 0 N–H and O–H groups in total. The molecule has 0 saturated heterocycles. The van der Waals surface area contributed by atoms with E-state index in [2.05, 4.69) is 0 Å². The number of sulfone groups is 1. The quantitative estimate of drug-likeness (QED) is 0.554. The molecule has 1 amide bonds. The number of nitrogens with zero attached hydrogens (tertiary/aromatic N) is 1. The molecule has 1 unspecified atom stereocenters. The summed E-state index contributed by atoms with van der Waals surface area (Å²) in [4.78, 5) is 26.2. The Morgan fingerprint density at radius 1 is 1.13 bits per heavy atom. The summed E-state index contributed by atoms with van der Waals surface area (Å²) < 4.78 is 34.3. The van der Waals surface area contributed by atoms with Gasteiger partial charge in [0.2, 0.25) is 0 Å². The smallest absolute Gasteiger partial charge is 0.338 e. The van der Waals surface area contributed by atoms with E-state index in [9.17, 15) is 18.0 Å². The van der Waals surface area contributed by atoms with Gasteiger partial charge in [0.15, 0.2) is 16.4 Å². The van der Waals surface area contributed by atoms with Crippen LogP contribution in [-0.2, 0) is 19.4 Å². The average molecular weight is 484 g/mol. The molecular formula is C21H19Cl2NO6S. The largest absolute Gasteiger partial charge is 0.482 e. The first-order chi connectivity index (χ1) is 14.7. The van der Waals surface area contributed by atoms with Crippen molar-refractivity contribution >= 4 is 50.6 Å². The number of amides is 1. The van der Waals surface area contributed by atoms with E-state index in [1.807, 2.05) is 0 Å². The normalized spacial score (nSPS) is 16.7. The second-order valence-corrected chi connectivity index (χ2v) is 9.39. The van der Waals surface area contributed by atoms with Crippen LogP contribution < -0.4 is 9.64 Å². The van der Waals surface area contributed by atoms with Gasteiger partial charge in [-0.2, -0.15) is 0 Å². The van der Waals surface area contributed by atoms with E-state index >= 15 is 0 Å². The highest BCUT2D eigenvalue weighted by molar-refractivity contribution is 7.94. The standard InChI is InChI=1S/C21H19Cl2NO6S/c1-2-29-21(26)14-3-6-16(7-4-14)24(17-9-10-31(27,28)13-17)20(25)12-30-19-8-5-15(22)11-18(19)23/h3-11,17H,2,12-13H2,1H3. The number of halogens is 2. The first-order valence-electron chi connectivity index (χ1n) is 9.28. The van der Waals surface area contributed by atoms with E-state index in [0.29, 0.717) is 16.3 Å². The van der Waals surface area contributed by atoms with E-state index in [0.717, 1.165) is 5.41 Å². The van der Waals surface area contributed by atoms with Crippen molar-refractivity contribution in [3.63, 3.8) is 0 Å². The van der Waals surface area contributed by atoms with Crippen molar-refractivity contribution in [2.45, 2.75) is 13.0 Å². The molecule has 2 aromatic carbocycles. The van der Waals surface area contributed by atoms with Crippen LogP contribution in [0.25, 0.3) is 0 Å². The van der Waals surface area contributed by atoms with Crippen LogP contribution in [0.5, 0.6) is 5.75 Å². The van der Waals surface area contributed by atoms with Gasteiger partial charge in [-0.3, -0.25) is 4.79 Å². The third-order valence-electron chi connectivity index (χ3n) is 4.41. The van der Waals surface area contributed by atoms with Gasteiger partial charge in [-0.1, -0.05) is 23.2 Å². The van der Waals surface area contributed by atoms with Gasteiger partial charge in [0.1, 0.15) is 5.75 Å². The first-order valence-corrected chi connectivity index (χ1v) is 11.8. The number of benzene rings is 2. The summed E-state index contributed by atoms with van der Waals surface area (Å²) in [5.41, 5.74) is 0.729. The third-order valence-corrected chi connectivity index (χ3v) is 6.32. The van der Waals surface area contributed by atoms with Crippen LogP contribution >= 0.6 is 23.2 Å². The second-order valence-electron chi connectivity index (χ2n) is 6.62. The van der Waals surface area contributed by atoms with Crippen LogP contribution in [0.3, 0.4) is 0 Å². The average Bonchev–Trinajstić information content (AvgIpc) is 3.07. The molecule has 1 aliphatic heterocycles. The van der Waals surface area contributed by atoms with Crippen LogP contribution in [-0.4, -0.2) is 45.3 Å². The lowest BCUT2D eigenvalue weighted by Crippen LogP contribution is -2.43. The molecule has 0 aliphatic carbocycles. The van der Waals surface area contributed by atoms with Crippen LogP contribution in [0.2, 0.25) is 10.0 Å². The number of anilines is 1. The maximum atomic E-state index is 13.0. The van der Waals surface area contributed by atoms with E-state index in [1.54, 1.807) is 25.1 Å². The summed E-state index contributed by atoms with van der Waals surface area (Å²) in [7, 11) is -3.41. The van der Waals surface area contributed by atoms with Gasteiger partial charge >= 0.3 is 5.97 Å². The van der Waals surface area contributed by atoms with Gasteiger partial charge in [0, 0.05) is 16.1 Å². The number of hydrogen-bond donors (Lipinski definition) is 0. The monoisotopic (exact) mass is 483 g/mol. The summed E-state index contributed by atoms with van der Waals surface area (Å²) in [5, 5.41) is 1.75. The fourth-order valence-corrected chi connectivity index (χ4v) is 4.75. The molecule has 0 saturated carbocycles. The Morgan fingerprint density at radius 2 is 1.84 bits per heavy atom. The zero-order valence-electron chi connectivity index (χ0n) is 16.5. The minimum absolute atomic E-state index is 0.237. The number of ether oxygens (including phenoxy) is 2. The summed E-state index contributed by atoms with van der Waals surface area (Å²) in [5.74, 6) is -0.954. The molecule has 1 aliphatic rings.